The molecular weight excluding hydrogens is 508 g/mol. The second-order valence-corrected chi connectivity index (χ2v) is 11.9. The van der Waals surface area contributed by atoms with Crippen LogP contribution in [0.15, 0.2) is 71.5 Å². The second kappa shape index (κ2) is 12.7. The lowest BCUT2D eigenvalue weighted by Gasteiger charge is -2.33. The molecule has 4 rings (SSSR count). The maximum absolute atomic E-state index is 14.2. The molecule has 0 bridgehead atoms. The summed E-state index contributed by atoms with van der Waals surface area (Å²) in [6.07, 6.45) is 0.910. The van der Waals surface area contributed by atoms with Crippen molar-refractivity contribution in [3.63, 3.8) is 0 Å². The molecular formula is C35H44N4O2. The van der Waals surface area contributed by atoms with Crippen LogP contribution in [0.1, 0.15) is 95.8 Å². The molecule has 41 heavy (non-hydrogen) atoms. The van der Waals surface area contributed by atoms with E-state index in [0.717, 1.165) is 28.9 Å². The van der Waals surface area contributed by atoms with Crippen LogP contribution in [0.25, 0.3) is 16.6 Å². The fourth-order valence-corrected chi connectivity index (χ4v) is 5.38. The number of para-hydroxylation sites is 2. The van der Waals surface area contributed by atoms with Crippen molar-refractivity contribution in [1.29, 1.82) is 0 Å². The maximum Gasteiger partial charge on any atom is 0.322 e. The molecule has 1 heterocycles. The highest BCUT2D eigenvalue weighted by molar-refractivity contribution is 5.92. The van der Waals surface area contributed by atoms with Gasteiger partial charge in [-0.15, -0.1) is 0 Å². The third kappa shape index (κ3) is 6.37. The van der Waals surface area contributed by atoms with E-state index in [2.05, 4.69) is 72.0 Å². The Kier molecular flexibility index (Phi) is 9.31. The van der Waals surface area contributed by atoms with Crippen molar-refractivity contribution < 1.29 is 4.79 Å². The predicted octanol–water partition coefficient (Wildman–Crippen LogP) is 8.45. The van der Waals surface area contributed by atoms with Gasteiger partial charge >= 0.3 is 6.03 Å². The van der Waals surface area contributed by atoms with Gasteiger partial charge in [0.05, 0.1) is 22.6 Å². The Labute approximate surface area is 244 Å². The number of carbonyl (C=O) groups excluding carboxylic acids is 1. The first-order chi connectivity index (χ1) is 19.5. The summed E-state index contributed by atoms with van der Waals surface area (Å²) in [6.45, 7) is 17.3. The lowest BCUT2D eigenvalue weighted by Crippen LogP contribution is -2.42. The molecule has 1 atom stereocenters. The van der Waals surface area contributed by atoms with Crippen molar-refractivity contribution in [2.45, 2.75) is 79.7 Å². The first kappa shape index (κ1) is 30.0. The van der Waals surface area contributed by atoms with E-state index in [1.165, 1.54) is 5.56 Å². The summed E-state index contributed by atoms with van der Waals surface area (Å²) in [5, 5.41) is 3.85. The second-order valence-electron chi connectivity index (χ2n) is 11.9. The lowest BCUT2D eigenvalue weighted by atomic mass is 9.92. The van der Waals surface area contributed by atoms with Crippen molar-refractivity contribution in [3.05, 3.63) is 99.6 Å². The van der Waals surface area contributed by atoms with E-state index in [0.29, 0.717) is 23.3 Å². The summed E-state index contributed by atoms with van der Waals surface area (Å²) < 4.78 is 1.68. The molecule has 0 aliphatic carbocycles. The van der Waals surface area contributed by atoms with Gasteiger partial charge in [0.1, 0.15) is 5.82 Å². The molecule has 4 aromatic rings. The van der Waals surface area contributed by atoms with Crippen LogP contribution in [0.2, 0.25) is 0 Å². The van der Waals surface area contributed by atoms with Crippen LogP contribution in [-0.2, 0) is 6.42 Å². The fraction of sp³-hybridized carbons (Fsp3) is 0.400. The van der Waals surface area contributed by atoms with Crippen molar-refractivity contribution in [1.82, 2.24) is 14.5 Å². The Hall–Kier alpha value is -3.93. The molecule has 1 N–H and O–H groups in total. The Bertz CT molecular complexity index is 1540. The molecule has 0 radical (unpaired) electrons. The average molecular weight is 553 g/mol. The SMILES string of the molecule is CCc1ccc(-n2c(C(C)N(CC(C)C)C(=O)Nc3c(C(C)C)cccc3C(C)C)nc3ccccc3c2=O)cc1. The molecule has 6 nitrogen and oxygen atoms in total. The Morgan fingerprint density at radius 2 is 1.46 bits per heavy atom. The molecule has 216 valence electrons. The number of amides is 2. The summed E-state index contributed by atoms with van der Waals surface area (Å²) in [7, 11) is 0. The van der Waals surface area contributed by atoms with Crippen molar-refractivity contribution >= 4 is 22.6 Å². The molecule has 3 aromatic carbocycles. The van der Waals surface area contributed by atoms with Crippen LogP contribution in [0.5, 0.6) is 0 Å². The van der Waals surface area contributed by atoms with Gasteiger partial charge in [-0.1, -0.05) is 90.9 Å². The van der Waals surface area contributed by atoms with Gasteiger partial charge in [0.2, 0.25) is 0 Å². The number of nitrogens with zero attached hydrogens (tertiary/aromatic N) is 3. The average Bonchev–Trinajstić information content (AvgIpc) is 2.95. The topological polar surface area (TPSA) is 67.2 Å². The predicted molar refractivity (Wildman–Crippen MR) is 170 cm³/mol. The van der Waals surface area contributed by atoms with E-state index in [9.17, 15) is 9.59 Å². The number of aryl methyl sites for hydroxylation is 1. The summed E-state index contributed by atoms with van der Waals surface area (Å²) in [6, 6.07) is 21.0. The van der Waals surface area contributed by atoms with Gasteiger partial charge in [0, 0.05) is 12.2 Å². The van der Waals surface area contributed by atoms with Crippen LogP contribution in [0.3, 0.4) is 0 Å². The zero-order chi connectivity index (χ0) is 29.8. The maximum atomic E-state index is 14.2. The van der Waals surface area contributed by atoms with Crippen LogP contribution in [0, 0.1) is 5.92 Å². The monoisotopic (exact) mass is 552 g/mol. The summed E-state index contributed by atoms with van der Waals surface area (Å²) >= 11 is 0. The van der Waals surface area contributed by atoms with E-state index in [1.807, 2.05) is 60.4 Å². The summed E-state index contributed by atoms with van der Waals surface area (Å²) in [5.74, 6) is 1.24. The first-order valence-corrected chi connectivity index (χ1v) is 14.8. The third-order valence-electron chi connectivity index (χ3n) is 7.67. The summed E-state index contributed by atoms with van der Waals surface area (Å²) in [5.41, 5.74) is 5.51. The highest BCUT2D eigenvalue weighted by Crippen LogP contribution is 2.33. The number of hydrogen-bond acceptors (Lipinski definition) is 3. The molecule has 2 amide bonds. The van der Waals surface area contributed by atoms with Crippen molar-refractivity contribution in [2.75, 3.05) is 11.9 Å². The van der Waals surface area contributed by atoms with Gasteiger partial charge < -0.3 is 10.2 Å². The highest BCUT2D eigenvalue weighted by Gasteiger charge is 2.29. The first-order valence-electron chi connectivity index (χ1n) is 14.8. The third-order valence-corrected chi connectivity index (χ3v) is 7.67. The van der Waals surface area contributed by atoms with Gasteiger partial charge in [-0.2, -0.15) is 0 Å². The number of fused-ring (bicyclic) bond motifs is 1. The number of hydrogen-bond donors (Lipinski definition) is 1. The van der Waals surface area contributed by atoms with E-state index in [4.69, 9.17) is 4.98 Å². The number of aromatic nitrogens is 2. The molecule has 0 saturated heterocycles. The standard InChI is InChI=1S/C35H44N4O2/c1-9-26-17-19-27(20-18-26)39-33(36-31-16-11-10-13-30(31)34(39)40)25(8)38(21-22(2)3)35(41)37-32-28(23(4)5)14-12-15-29(32)24(6)7/h10-20,22-25H,9,21H2,1-8H3,(H,37,41). The van der Waals surface area contributed by atoms with Gasteiger partial charge in [-0.25, -0.2) is 9.78 Å². The minimum absolute atomic E-state index is 0.140. The zero-order valence-corrected chi connectivity index (χ0v) is 25.7. The van der Waals surface area contributed by atoms with Gasteiger partial charge in [-0.3, -0.25) is 9.36 Å². The van der Waals surface area contributed by atoms with E-state index < -0.39 is 6.04 Å². The molecule has 0 saturated carbocycles. The molecule has 0 spiro atoms. The van der Waals surface area contributed by atoms with E-state index in [1.54, 1.807) is 4.57 Å². The summed E-state index contributed by atoms with van der Waals surface area (Å²) in [4.78, 5) is 35.0. The van der Waals surface area contributed by atoms with Gasteiger partial charge in [0.25, 0.3) is 5.56 Å². The van der Waals surface area contributed by atoms with E-state index >= 15 is 0 Å². The van der Waals surface area contributed by atoms with Crippen LogP contribution in [0.4, 0.5) is 10.5 Å². The number of rotatable bonds is 9. The van der Waals surface area contributed by atoms with Gasteiger partial charge in [0.15, 0.2) is 0 Å². The largest absolute Gasteiger partial charge is 0.322 e. The van der Waals surface area contributed by atoms with Crippen LogP contribution < -0.4 is 10.9 Å². The zero-order valence-electron chi connectivity index (χ0n) is 25.7. The Morgan fingerprint density at radius 1 is 0.854 bits per heavy atom. The number of anilines is 1. The number of nitrogens with one attached hydrogen (secondary N) is 1. The molecule has 0 aliphatic heterocycles. The molecule has 6 heteroatoms. The minimum Gasteiger partial charge on any atom is -0.314 e. The van der Waals surface area contributed by atoms with Crippen molar-refractivity contribution in [3.8, 4) is 5.69 Å². The highest BCUT2D eigenvalue weighted by atomic mass is 16.2. The van der Waals surface area contributed by atoms with Crippen molar-refractivity contribution in [2.24, 2.45) is 5.92 Å². The van der Waals surface area contributed by atoms with Gasteiger partial charge in [-0.05, 0) is 72.1 Å². The lowest BCUT2D eigenvalue weighted by molar-refractivity contribution is 0.179. The van der Waals surface area contributed by atoms with Crippen LogP contribution in [-0.4, -0.2) is 27.0 Å². The smallest absolute Gasteiger partial charge is 0.314 e. The Balaban J connectivity index is 1.86. The minimum atomic E-state index is -0.478. The molecule has 1 unspecified atom stereocenters. The normalized spacial score (nSPS) is 12.4. The quantitative estimate of drug-likeness (QED) is 0.226. The number of benzene rings is 3. The van der Waals surface area contributed by atoms with E-state index in [-0.39, 0.29) is 29.3 Å². The Morgan fingerprint density at radius 3 is 2.02 bits per heavy atom. The number of urea groups is 1. The van der Waals surface area contributed by atoms with Crippen LogP contribution >= 0.6 is 0 Å². The molecule has 0 aliphatic rings. The molecule has 1 aromatic heterocycles. The molecule has 0 fully saturated rings. The fourth-order valence-electron chi connectivity index (χ4n) is 5.38. The number of carbonyl (C=O) groups is 1.